The molecular formula is C12H17N3O. The van der Waals surface area contributed by atoms with Crippen LogP contribution in [0.1, 0.15) is 38.2 Å². The molecule has 1 saturated carbocycles. The van der Waals surface area contributed by atoms with Gasteiger partial charge in [-0.3, -0.25) is 0 Å². The molecule has 1 aliphatic carbocycles. The van der Waals surface area contributed by atoms with Crippen molar-refractivity contribution in [3.05, 3.63) is 17.8 Å². The molecule has 4 heteroatoms. The van der Waals surface area contributed by atoms with Crippen LogP contribution in [-0.2, 0) is 0 Å². The second kappa shape index (κ2) is 4.51. The average Bonchev–Trinajstić information content (AvgIpc) is 2.70. The van der Waals surface area contributed by atoms with Crippen LogP contribution in [0.4, 0.5) is 5.69 Å². The van der Waals surface area contributed by atoms with E-state index in [1.807, 2.05) is 0 Å². The maximum Gasteiger partial charge on any atom is 0.224 e. The molecule has 0 saturated heterocycles. The van der Waals surface area contributed by atoms with E-state index in [4.69, 9.17) is 15.9 Å². The van der Waals surface area contributed by atoms with E-state index < -0.39 is 0 Å². The van der Waals surface area contributed by atoms with E-state index in [1.165, 1.54) is 12.8 Å². The van der Waals surface area contributed by atoms with Crippen LogP contribution in [0.5, 0.6) is 5.88 Å². The maximum atomic E-state index is 7.69. The lowest BCUT2D eigenvalue weighted by molar-refractivity contribution is 0.201. The van der Waals surface area contributed by atoms with E-state index >= 15 is 0 Å². The summed E-state index contributed by atoms with van der Waals surface area (Å²) in [6, 6.07) is 1.70. The molecule has 0 aliphatic heterocycles. The average molecular weight is 219 g/mol. The second-order valence-electron chi connectivity index (χ2n) is 4.23. The highest BCUT2D eigenvalue weighted by molar-refractivity contribution is 6.02. The van der Waals surface area contributed by atoms with E-state index in [9.17, 15) is 0 Å². The molecule has 2 rings (SSSR count). The summed E-state index contributed by atoms with van der Waals surface area (Å²) in [5.74, 6) is 0.513. The topological polar surface area (TPSA) is 72.0 Å². The number of nitrogens with two attached hydrogens (primary N) is 1. The van der Waals surface area contributed by atoms with Gasteiger partial charge >= 0.3 is 0 Å². The van der Waals surface area contributed by atoms with Gasteiger partial charge in [0.25, 0.3) is 0 Å². The normalized spacial score (nSPS) is 16.3. The summed E-state index contributed by atoms with van der Waals surface area (Å²) in [4.78, 5) is 4.18. The quantitative estimate of drug-likeness (QED) is 0.766. The minimum absolute atomic E-state index is 0.243. The Morgan fingerprint density at radius 2 is 2.19 bits per heavy atom. The fourth-order valence-corrected chi connectivity index (χ4v) is 2.09. The van der Waals surface area contributed by atoms with Gasteiger partial charge in [-0.2, -0.15) is 0 Å². The first-order valence-electron chi connectivity index (χ1n) is 5.65. The van der Waals surface area contributed by atoms with Crippen LogP contribution in [0.25, 0.3) is 0 Å². The third-order valence-corrected chi connectivity index (χ3v) is 2.90. The number of aromatic nitrogens is 1. The number of nitrogen functional groups attached to an aromatic ring is 1. The van der Waals surface area contributed by atoms with Crippen molar-refractivity contribution in [3.63, 3.8) is 0 Å². The Balaban J connectivity index is 2.25. The Kier molecular flexibility index (Phi) is 3.08. The van der Waals surface area contributed by atoms with Crippen molar-refractivity contribution >= 4 is 11.4 Å². The van der Waals surface area contributed by atoms with Crippen molar-refractivity contribution in [1.29, 1.82) is 5.41 Å². The van der Waals surface area contributed by atoms with Gasteiger partial charge in [-0.1, -0.05) is 0 Å². The number of rotatable bonds is 3. The number of hydrogen-bond donors (Lipinski definition) is 2. The largest absolute Gasteiger partial charge is 0.474 e. The molecule has 0 amide bonds. The van der Waals surface area contributed by atoms with Gasteiger partial charge in [0.1, 0.15) is 6.10 Å². The molecule has 0 unspecified atom stereocenters. The van der Waals surface area contributed by atoms with Crippen molar-refractivity contribution in [2.24, 2.45) is 0 Å². The molecule has 1 aromatic rings. The van der Waals surface area contributed by atoms with Crippen LogP contribution in [-0.4, -0.2) is 16.8 Å². The van der Waals surface area contributed by atoms with Crippen LogP contribution in [0.2, 0.25) is 0 Å². The monoisotopic (exact) mass is 219 g/mol. The van der Waals surface area contributed by atoms with E-state index in [-0.39, 0.29) is 6.10 Å². The van der Waals surface area contributed by atoms with E-state index in [2.05, 4.69) is 4.98 Å². The van der Waals surface area contributed by atoms with Crippen molar-refractivity contribution in [2.75, 3.05) is 5.73 Å². The first-order valence-corrected chi connectivity index (χ1v) is 5.65. The van der Waals surface area contributed by atoms with Gasteiger partial charge in [0.05, 0.1) is 5.56 Å². The Morgan fingerprint density at radius 1 is 1.50 bits per heavy atom. The SMILES string of the molecule is CC(=N)c1c(N)ccnc1OC1CCCC1. The van der Waals surface area contributed by atoms with Gasteiger partial charge in [-0.15, -0.1) is 0 Å². The Morgan fingerprint density at radius 3 is 2.81 bits per heavy atom. The fourth-order valence-electron chi connectivity index (χ4n) is 2.09. The van der Waals surface area contributed by atoms with Crippen molar-refractivity contribution in [2.45, 2.75) is 38.7 Å². The highest BCUT2D eigenvalue weighted by Gasteiger charge is 2.20. The predicted molar refractivity (Wildman–Crippen MR) is 64.0 cm³/mol. The lowest BCUT2D eigenvalue weighted by Crippen LogP contribution is -2.15. The number of anilines is 1. The number of nitrogens with one attached hydrogen (secondary N) is 1. The lowest BCUT2D eigenvalue weighted by atomic mass is 10.1. The molecule has 4 nitrogen and oxygen atoms in total. The van der Waals surface area contributed by atoms with Gasteiger partial charge in [0.2, 0.25) is 5.88 Å². The van der Waals surface area contributed by atoms with Crippen LogP contribution in [0.3, 0.4) is 0 Å². The molecule has 1 heterocycles. The summed E-state index contributed by atoms with van der Waals surface area (Å²) < 4.78 is 5.82. The molecule has 3 N–H and O–H groups in total. The summed E-state index contributed by atoms with van der Waals surface area (Å²) in [6.07, 6.45) is 6.46. The Bertz CT molecular complexity index is 397. The van der Waals surface area contributed by atoms with Gasteiger partial charge in [-0.25, -0.2) is 4.98 Å². The Hall–Kier alpha value is -1.58. The van der Waals surface area contributed by atoms with Crippen molar-refractivity contribution in [1.82, 2.24) is 4.98 Å². The molecular weight excluding hydrogens is 202 g/mol. The number of nitrogens with zero attached hydrogens (tertiary/aromatic N) is 1. The third-order valence-electron chi connectivity index (χ3n) is 2.90. The number of ether oxygens (including phenoxy) is 1. The van der Waals surface area contributed by atoms with Crippen LogP contribution >= 0.6 is 0 Å². The second-order valence-corrected chi connectivity index (χ2v) is 4.23. The minimum atomic E-state index is 0.243. The van der Waals surface area contributed by atoms with E-state index in [1.54, 1.807) is 19.2 Å². The van der Waals surface area contributed by atoms with Crippen LogP contribution in [0.15, 0.2) is 12.3 Å². The van der Waals surface area contributed by atoms with Crippen LogP contribution in [0, 0.1) is 5.41 Å². The third kappa shape index (κ3) is 2.15. The summed E-state index contributed by atoms with van der Waals surface area (Å²) in [7, 11) is 0. The molecule has 1 fully saturated rings. The first-order chi connectivity index (χ1) is 7.68. The molecule has 16 heavy (non-hydrogen) atoms. The molecule has 0 bridgehead atoms. The first kappa shape index (κ1) is 10.9. The van der Waals surface area contributed by atoms with Crippen molar-refractivity contribution in [3.8, 4) is 5.88 Å². The summed E-state index contributed by atoms with van der Waals surface area (Å²) in [6.45, 7) is 1.70. The highest BCUT2D eigenvalue weighted by Crippen LogP contribution is 2.27. The zero-order valence-corrected chi connectivity index (χ0v) is 9.49. The predicted octanol–water partition coefficient (Wildman–Crippen LogP) is 2.37. The molecule has 1 aliphatic rings. The minimum Gasteiger partial charge on any atom is -0.474 e. The van der Waals surface area contributed by atoms with Crippen molar-refractivity contribution < 1.29 is 4.74 Å². The molecule has 0 spiro atoms. The molecule has 0 aromatic carbocycles. The van der Waals surface area contributed by atoms with E-state index in [0.29, 0.717) is 22.8 Å². The Labute approximate surface area is 95.3 Å². The van der Waals surface area contributed by atoms with Gasteiger partial charge in [0, 0.05) is 17.6 Å². The van der Waals surface area contributed by atoms with E-state index in [0.717, 1.165) is 12.8 Å². The zero-order valence-electron chi connectivity index (χ0n) is 9.49. The molecule has 86 valence electrons. The van der Waals surface area contributed by atoms with Gasteiger partial charge < -0.3 is 15.9 Å². The maximum absolute atomic E-state index is 7.69. The smallest absolute Gasteiger partial charge is 0.224 e. The summed E-state index contributed by atoms with van der Waals surface area (Å²) >= 11 is 0. The summed E-state index contributed by atoms with van der Waals surface area (Å²) in [5, 5.41) is 7.69. The lowest BCUT2D eigenvalue weighted by Gasteiger charge is -2.15. The zero-order chi connectivity index (χ0) is 11.5. The molecule has 0 radical (unpaired) electrons. The van der Waals surface area contributed by atoms with Gasteiger partial charge in [0.15, 0.2) is 0 Å². The summed E-state index contributed by atoms with van der Waals surface area (Å²) in [5.41, 5.74) is 7.44. The molecule has 0 atom stereocenters. The standard InChI is InChI=1S/C12H17N3O/c1-8(13)11-10(14)6-7-15-12(11)16-9-4-2-3-5-9/h6-7,9,13H,2-5H2,1H3,(H2,14,15). The fraction of sp³-hybridized carbons (Fsp3) is 0.500. The number of pyridine rings is 1. The molecule has 1 aromatic heterocycles. The highest BCUT2D eigenvalue weighted by atomic mass is 16.5. The number of hydrogen-bond acceptors (Lipinski definition) is 4. The van der Waals surface area contributed by atoms with Crippen LogP contribution < -0.4 is 10.5 Å². The van der Waals surface area contributed by atoms with Gasteiger partial charge in [-0.05, 0) is 38.7 Å².